The number of nitrogens with one attached hydrogen (secondary N) is 1. The van der Waals surface area contributed by atoms with Gasteiger partial charge < -0.3 is 16.0 Å². The van der Waals surface area contributed by atoms with Crippen LogP contribution in [0.5, 0.6) is 0 Å². The second-order valence-corrected chi connectivity index (χ2v) is 6.34. The monoisotopic (exact) mass is 369 g/mol. The van der Waals surface area contributed by atoms with Gasteiger partial charge in [-0.3, -0.25) is 4.79 Å². The number of nitrogen functional groups attached to an aromatic ring is 1. The Kier molecular flexibility index (Phi) is 7.64. The number of carbonyl (C=O) groups is 1. The van der Waals surface area contributed by atoms with Crippen LogP contribution in [0, 0.1) is 0 Å². The first-order chi connectivity index (χ1) is 11.3. The molecule has 0 bridgehead atoms. The van der Waals surface area contributed by atoms with Crippen molar-refractivity contribution < 1.29 is 4.79 Å². The van der Waals surface area contributed by atoms with Gasteiger partial charge in [-0.15, -0.1) is 0 Å². The van der Waals surface area contributed by atoms with Crippen LogP contribution in [0.1, 0.15) is 34.6 Å². The van der Waals surface area contributed by atoms with Crippen molar-refractivity contribution >= 4 is 40.5 Å². The first kappa shape index (κ1) is 20.4. The lowest BCUT2D eigenvalue weighted by molar-refractivity contribution is -0.125. The van der Waals surface area contributed by atoms with E-state index < -0.39 is 0 Å². The minimum Gasteiger partial charge on any atom is -0.397 e. The lowest BCUT2D eigenvalue weighted by Crippen LogP contribution is -2.34. The molecular formula is C18H25Cl2N3O. The highest BCUT2D eigenvalue weighted by Crippen LogP contribution is 2.32. The van der Waals surface area contributed by atoms with E-state index >= 15 is 0 Å². The topological polar surface area (TPSA) is 58.4 Å². The third kappa shape index (κ3) is 4.92. The maximum atomic E-state index is 12.1. The van der Waals surface area contributed by atoms with Crippen LogP contribution < -0.4 is 11.1 Å². The number of amides is 1. The number of nitrogens with two attached hydrogens (primary N) is 1. The van der Waals surface area contributed by atoms with Gasteiger partial charge in [-0.2, -0.15) is 0 Å². The van der Waals surface area contributed by atoms with E-state index in [4.69, 9.17) is 28.9 Å². The molecule has 1 atom stereocenters. The first-order valence-electron chi connectivity index (χ1n) is 7.96. The third-order valence-electron chi connectivity index (χ3n) is 3.55. The molecule has 24 heavy (non-hydrogen) atoms. The molecule has 0 aromatic heterocycles. The Hall–Kier alpha value is -1.65. The smallest absolute Gasteiger partial charge is 0.249 e. The van der Waals surface area contributed by atoms with Crippen molar-refractivity contribution in [2.75, 3.05) is 17.6 Å². The van der Waals surface area contributed by atoms with Gasteiger partial charge in [0.1, 0.15) is 0 Å². The molecule has 0 aliphatic carbocycles. The Morgan fingerprint density at radius 2 is 1.88 bits per heavy atom. The maximum absolute atomic E-state index is 12.1. The zero-order valence-corrected chi connectivity index (χ0v) is 16.3. The molecule has 0 radical (unpaired) electrons. The second-order valence-electron chi connectivity index (χ2n) is 5.53. The van der Waals surface area contributed by atoms with Crippen molar-refractivity contribution in [1.29, 1.82) is 0 Å². The molecule has 132 valence electrons. The van der Waals surface area contributed by atoms with E-state index in [1.807, 2.05) is 40.7 Å². The molecule has 1 unspecified atom stereocenters. The Bertz CT molecular complexity index is 664. The molecular weight excluding hydrogens is 345 g/mol. The molecule has 1 aromatic rings. The Morgan fingerprint density at radius 1 is 1.29 bits per heavy atom. The summed E-state index contributed by atoms with van der Waals surface area (Å²) in [4.78, 5) is 13.9. The number of rotatable bonds is 4. The van der Waals surface area contributed by atoms with E-state index in [2.05, 4.69) is 5.32 Å². The van der Waals surface area contributed by atoms with Crippen molar-refractivity contribution in [3.63, 3.8) is 0 Å². The molecule has 1 aromatic carbocycles. The molecule has 0 saturated heterocycles. The zero-order chi connectivity index (χ0) is 18.4. The van der Waals surface area contributed by atoms with Crippen molar-refractivity contribution in [2.24, 2.45) is 0 Å². The van der Waals surface area contributed by atoms with Crippen LogP contribution >= 0.6 is 23.2 Å². The predicted octanol–water partition coefficient (Wildman–Crippen LogP) is 5.09. The molecule has 1 amide bonds. The van der Waals surface area contributed by atoms with Gasteiger partial charge >= 0.3 is 0 Å². The number of hydrogen-bond acceptors (Lipinski definition) is 3. The van der Waals surface area contributed by atoms with E-state index in [1.165, 1.54) is 5.57 Å². The lowest BCUT2D eigenvalue weighted by Gasteiger charge is -2.23. The zero-order valence-electron chi connectivity index (χ0n) is 14.8. The molecule has 0 saturated carbocycles. The summed E-state index contributed by atoms with van der Waals surface area (Å²) in [5.74, 6) is -0.0221. The van der Waals surface area contributed by atoms with Gasteiger partial charge in [-0.25, -0.2) is 0 Å². The van der Waals surface area contributed by atoms with Gasteiger partial charge in [0.25, 0.3) is 0 Å². The summed E-state index contributed by atoms with van der Waals surface area (Å²) in [6.45, 7) is 10.6. The van der Waals surface area contributed by atoms with Crippen LogP contribution in [0.15, 0.2) is 35.6 Å². The summed E-state index contributed by atoms with van der Waals surface area (Å²) < 4.78 is 0. The van der Waals surface area contributed by atoms with Crippen LogP contribution in [-0.2, 0) is 4.79 Å². The number of nitrogens with zero attached hydrogens (tertiary/aromatic N) is 1. The molecule has 1 heterocycles. The van der Waals surface area contributed by atoms with E-state index in [0.717, 1.165) is 5.70 Å². The number of allylic oxidation sites excluding steroid dienone is 1. The van der Waals surface area contributed by atoms with Gasteiger partial charge in [-0.1, -0.05) is 48.7 Å². The Morgan fingerprint density at radius 3 is 2.46 bits per heavy atom. The van der Waals surface area contributed by atoms with Gasteiger partial charge in [0.15, 0.2) is 0 Å². The van der Waals surface area contributed by atoms with Crippen molar-refractivity contribution in [2.45, 2.75) is 40.7 Å². The van der Waals surface area contributed by atoms with Gasteiger partial charge in [0.05, 0.1) is 27.5 Å². The van der Waals surface area contributed by atoms with Crippen LogP contribution in [0.2, 0.25) is 10.0 Å². The average molecular weight is 370 g/mol. The highest BCUT2D eigenvalue weighted by atomic mass is 35.5. The van der Waals surface area contributed by atoms with Crippen LogP contribution in [0.4, 0.5) is 11.4 Å². The fourth-order valence-electron chi connectivity index (χ4n) is 2.19. The molecule has 6 heteroatoms. The minimum atomic E-state index is -0.0584. The lowest BCUT2D eigenvalue weighted by atomic mass is 10.2. The highest BCUT2D eigenvalue weighted by molar-refractivity contribution is 6.42. The third-order valence-corrected chi connectivity index (χ3v) is 4.27. The average Bonchev–Trinajstić information content (AvgIpc) is 2.79. The first-order valence-corrected chi connectivity index (χ1v) is 8.72. The van der Waals surface area contributed by atoms with Gasteiger partial charge in [-0.05, 0) is 32.9 Å². The molecule has 0 fully saturated rings. The summed E-state index contributed by atoms with van der Waals surface area (Å²) in [6, 6.07) is 3.20. The van der Waals surface area contributed by atoms with Crippen molar-refractivity contribution in [3.05, 3.63) is 45.6 Å². The number of carbonyl (C=O) groups excluding carboxylic acids is 1. The van der Waals surface area contributed by atoms with Gasteiger partial charge in [0.2, 0.25) is 5.91 Å². The molecule has 1 aliphatic rings. The number of halogens is 2. The van der Waals surface area contributed by atoms with Crippen LogP contribution in [-0.4, -0.2) is 23.4 Å². The van der Waals surface area contributed by atoms with E-state index in [9.17, 15) is 4.79 Å². The fourth-order valence-corrected chi connectivity index (χ4v) is 2.53. The van der Waals surface area contributed by atoms with E-state index in [-0.39, 0.29) is 11.9 Å². The van der Waals surface area contributed by atoms with E-state index in [1.54, 1.807) is 23.1 Å². The fraction of sp³-hybridized carbons (Fsp3) is 0.389. The summed E-state index contributed by atoms with van der Waals surface area (Å²) >= 11 is 11.9. The SMILES string of the molecule is CC.CC(C)=CCN1C(=O)C=C(Nc2cc(Cl)c(Cl)cc2N)C1C. The van der Waals surface area contributed by atoms with Crippen molar-refractivity contribution in [1.82, 2.24) is 4.90 Å². The largest absolute Gasteiger partial charge is 0.397 e. The molecule has 2 rings (SSSR count). The van der Waals surface area contributed by atoms with Crippen LogP contribution in [0.25, 0.3) is 0 Å². The van der Waals surface area contributed by atoms with E-state index in [0.29, 0.717) is 28.0 Å². The van der Waals surface area contributed by atoms with Crippen LogP contribution in [0.3, 0.4) is 0 Å². The molecule has 0 spiro atoms. The summed E-state index contributed by atoms with van der Waals surface area (Å²) in [6.07, 6.45) is 3.62. The van der Waals surface area contributed by atoms with Gasteiger partial charge in [0, 0.05) is 18.3 Å². The molecule has 1 aliphatic heterocycles. The normalized spacial score (nSPS) is 16.3. The minimum absolute atomic E-state index is 0.0221. The second kappa shape index (κ2) is 9.00. The number of anilines is 2. The summed E-state index contributed by atoms with van der Waals surface area (Å²) in [7, 11) is 0. The highest BCUT2D eigenvalue weighted by Gasteiger charge is 2.28. The standard InChI is InChI=1S/C16H19Cl2N3O.C2H6/c1-9(2)4-5-21-10(3)14(8-16(21)22)20-15-7-12(18)11(17)6-13(15)19;1-2/h4,6-8,10,20H,5,19H2,1-3H3;1-2H3. The molecule has 3 N–H and O–H groups in total. The quantitative estimate of drug-likeness (QED) is 0.573. The van der Waals surface area contributed by atoms with Crippen molar-refractivity contribution in [3.8, 4) is 0 Å². The Labute approximate surface area is 154 Å². The summed E-state index contributed by atoms with van der Waals surface area (Å²) in [5, 5.41) is 4.00. The predicted molar refractivity (Wildman–Crippen MR) is 105 cm³/mol. The maximum Gasteiger partial charge on any atom is 0.249 e. The number of hydrogen-bond donors (Lipinski definition) is 2. The summed E-state index contributed by atoms with van der Waals surface area (Å²) in [5.41, 5.74) is 9.03. The molecule has 4 nitrogen and oxygen atoms in total. The Balaban J connectivity index is 0.00000139. The number of benzene rings is 1.